The minimum Gasteiger partial charge on any atom is -0.495 e. The third kappa shape index (κ3) is 8.94. The number of hydrogen-bond acceptors (Lipinski definition) is 10. The highest BCUT2D eigenvalue weighted by molar-refractivity contribution is 6.11. The second-order valence-corrected chi connectivity index (χ2v) is 11.5. The molecule has 0 aliphatic carbocycles. The summed E-state index contributed by atoms with van der Waals surface area (Å²) >= 11 is 0. The lowest BCUT2D eigenvalue weighted by molar-refractivity contribution is -1.04. The fraction of sp³-hybridized carbons (Fsp3) is 0.371. The van der Waals surface area contributed by atoms with Gasteiger partial charge >= 0.3 is 12.1 Å². The van der Waals surface area contributed by atoms with Crippen LogP contribution in [0.5, 0.6) is 11.5 Å². The zero-order chi connectivity index (χ0) is 34.0. The van der Waals surface area contributed by atoms with Crippen LogP contribution < -0.4 is 19.9 Å². The number of rotatable bonds is 12. The van der Waals surface area contributed by atoms with Crippen LogP contribution in [0, 0.1) is 0 Å². The molecule has 3 aromatic rings. The number of carbonyl (C=O) groups excluding carboxylic acids is 4. The fourth-order valence-corrected chi connectivity index (χ4v) is 5.26. The van der Waals surface area contributed by atoms with Crippen LogP contribution in [-0.2, 0) is 14.3 Å². The first kappa shape index (κ1) is 35.1. The molecule has 2 atom stereocenters. The van der Waals surface area contributed by atoms with Crippen molar-refractivity contribution in [3.05, 3.63) is 94.5 Å². The zero-order valence-electron chi connectivity index (χ0n) is 27.0. The van der Waals surface area contributed by atoms with E-state index < -0.39 is 28.7 Å². The highest BCUT2D eigenvalue weighted by atomic mass is 16.8. The van der Waals surface area contributed by atoms with Crippen LogP contribution in [0.25, 0.3) is 0 Å². The highest BCUT2D eigenvalue weighted by Gasteiger charge is 2.41. The fourth-order valence-electron chi connectivity index (χ4n) is 5.26. The second kappa shape index (κ2) is 16.2. The van der Waals surface area contributed by atoms with Gasteiger partial charge in [0.2, 0.25) is 0 Å². The summed E-state index contributed by atoms with van der Waals surface area (Å²) in [5.41, 5.74) is 1.99. The number of likely N-dealkylation sites (tertiary alicyclic amines) is 1. The van der Waals surface area contributed by atoms with Gasteiger partial charge in [0.1, 0.15) is 24.6 Å². The summed E-state index contributed by atoms with van der Waals surface area (Å²) in [6.07, 6.45) is -0.0872. The third-order valence-electron chi connectivity index (χ3n) is 7.85. The lowest BCUT2D eigenvalue weighted by Gasteiger charge is -2.34. The van der Waals surface area contributed by atoms with Crippen molar-refractivity contribution < 1.29 is 52.7 Å². The van der Waals surface area contributed by atoms with Gasteiger partial charge in [0.15, 0.2) is 19.4 Å². The number of methoxy groups -OCH3 is 2. The van der Waals surface area contributed by atoms with E-state index in [4.69, 9.17) is 23.8 Å². The number of nitrogens with one attached hydrogen (secondary N) is 1. The van der Waals surface area contributed by atoms with Gasteiger partial charge < -0.3 is 34.2 Å². The summed E-state index contributed by atoms with van der Waals surface area (Å²) < 4.78 is 19.7. The Hall–Kier alpha value is -4.78. The van der Waals surface area contributed by atoms with Crippen molar-refractivity contribution in [2.75, 3.05) is 40.9 Å². The molecule has 1 fully saturated rings. The van der Waals surface area contributed by atoms with E-state index in [0.717, 1.165) is 5.56 Å². The predicted octanol–water partition coefficient (Wildman–Crippen LogP) is 4.22. The first-order valence-corrected chi connectivity index (χ1v) is 15.3. The Labute approximate surface area is 273 Å². The van der Waals surface area contributed by atoms with E-state index in [0.29, 0.717) is 47.5 Å². The van der Waals surface area contributed by atoms with Gasteiger partial charge in [-0.2, -0.15) is 0 Å². The lowest BCUT2D eigenvalue weighted by Crippen LogP contribution is -2.63. The van der Waals surface area contributed by atoms with E-state index in [1.54, 1.807) is 36.4 Å². The number of benzene rings is 3. The summed E-state index contributed by atoms with van der Waals surface area (Å²) in [5, 5.41) is 15.4. The van der Waals surface area contributed by atoms with Crippen LogP contribution >= 0.6 is 0 Å². The number of carbonyl (C=O) groups is 4. The van der Waals surface area contributed by atoms with Crippen molar-refractivity contribution in [1.29, 1.82) is 0 Å². The van der Waals surface area contributed by atoms with Crippen LogP contribution in [-0.4, -0.2) is 75.3 Å². The topological polar surface area (TPSA) is 150 Å². The summed E-state index contributed by atoms with van der Waals surface area (Å²) in [6.45, 7) is 3.81. The average Bonchev–Trinajstić information content (AvgIpc) is 3.28. The Kier molecular flexibility index (Phi) is 12.1. The Morgan fingerprint density at radius 3 is 2.13 bits per heavy atom. The summed E-state index contributed by atoms with van der Waals surface area (Å²) in [5.74, 6) is -0.572. The lowest BCUT2D eigenvalue weighted by atomic mass is 9.95. The molecule has 0 radical (unpaired) electrons. The van der Waals surface area contributed by atoms with Crippen molar-refractivity contribution in [3.8, 4) is 11.5 Å². The van der Waals surface area contributed by atoms with Crippen molar-refractivity contribution in [2.45, 2.75) is 45.1 Å². The molecule has 0 spiro atoms. The van der Waals surface area contributed by atoms with Crippen LogP contribution in [0.3, 0.4) is 0 Å². The molecular formula is C35H40N2O10. The maximum absolute atomic E-state index is 13.5. The molecule has 1 saturated heterocycles. The van der Waals surface area contributed by atoms with Crippen molar-refractivity contribution in [1.82, 2.24) is 5.32 Å². The maximum Gasteiger partial charge on any atom is 0.398 e. The van der Waals surface area contributed by atoms with Gasteiger partial charge in [-0.05, 0) is 72.9 Å². The summed E-state index contributed by atoms with van der Waals surface area (Å²) in [7, 11) is 2.98. The highest BCUT2D eigenvalue weighted by Crippen LogP contribution is 2.28. The quantitative estimate of drug-likeness (QED) is 0.172. The van der Waals surface area contributed by atoms with Gasteiger partial charge in [-0.25, -0.2) is 4.79 Å². The van der Waals surface area contributed by atoms with Crippen LogP contribution in [0.15, 0.2) is 66.7 Å². The molecule has 0 bridgehead atoms. The Bertz CT molecular complexity index is 1560. The zero-order valence-corrected chi connectivity index (χ0v) is 27.0. The van der Waals surface area contributed by atoms with Crippen LogP contribution in [0.2, 0.25) is 0 Å². The maximum atomic E-state index is 13.5. The molecule has 0 aromatic heterocycles. The van der Waals surface area contributed by atoms with Gasteiger partial charge in [0.25, 0.3) is 5.91 Å². The molecule has 1 heterocycles. The molecule has 1 aliphatic rings. The molecule has 0 saturated carbocycles. The SMILES string of the molecule is COCOc1ccc(C(=O)NC2CCCC[N+](OC(=O)c3ccc(C(=O)c4cc(C(C)C)ccc4OCOC)cc3)(C(=O)[O-])C2)cc1. The number of quaternary nitrogens is 1. The largest absolute Gasteiger partial charge is 0.495 e. The smallest absolute Gasteiger partial charge is 0.398 e. The number of ether oxygens (including phenoxy) is 4. The van der Waals surface area contributed by atoms with E-state index in [1.807, 2.05) is 19.9 Å². The number of hydrogen-bond donors (Lipinski definition) is 1. The number of amides is 2. The monoisotopic (exact) mass is 648 g/mol. The minimum absolute atomic E-state index is 0.0288. The molecule has 1 N–H and O–H groups in total. The van der Waals surface area contributed by atoms with Gasteiger partial charge in [0.05, 0.1) is 17.2 Å². The van der Waals surface area contributed by atoms with Crippen molar-refractivity contribution in [3.63, 3.8) is 0 Å². The minimum atomic E-state index is -1.60. The Morgan fingerprint density at radius 2 is 1.49 bits per heavy atom. The molecule has 4 rings (SSSR count). The molecule has 12 heteroatoms. The molecular weight excluding hydrogens is 608 g/mol. The van der Waals surface area contributed by atoms with Gasteiger partial charge in [-0.1, -0.05) is 36.7 Å². The van der Waals surface area contributed by atoms with Gasteiger partial charge in [-0.3, -0.25) is 14.4 Å². The first-order chi connectivity index (χ1) is 22.6. The summed E-state index contributed by atoms with van der Waals surface area (Å²) in [4.78, 5) is 57.9. The molecule has 250 valence electrons. The van der Waals surface area contributed by atoms with Crippen molar-refractivity contribution in [2.24, 2.45) is 0 Å². The third-order valence-corrected chi connectivity index (χ3v) is 7.85. The number of ketones is 1. The molecule has 3 aromatic carbocycles. The molecule has 47 heavy (non-hydrogen) atoms. The van der Waals surface area contributed by atoms with E-state index >= 15 is 0 Å². The molecule has 2 unspecified atom stereocenters. The number of nitrogens with zero attached hydrogens (tertiary/aromatic N) is 1. The normalized spacial score (nSPS) is 17.8. The van der Waals surface area contributed by atoms with Crippen LogP contribution in [0.1, 0.15) is 81.2 Å². The van der Waals surface area contributed by atoms with Crippen molar-refractivity contribution >= 4 is 23.8 Å². The molecule has 1 aliphatic heterocycles. The predicted molar refractivity (Wildman–Crippen MR) is 168 cm³/mol. The average molecular weight is 649 g/mol. The molecule has 12 nitrogen and oxygen atoms in total. The van der Waals surface area contributed by atoms with E-state index in [-0.39, 0.29) is 43.9 Å². The Morgan fingerprint density at radius 1 is 0.851 bits per heavy atom. The second-order valence-electron chi connectivity index (χ2n) is 11.5. The van der Waals surface area contributed by atoms with Gasteiger partial charge in [-0.15, -0.1) is 0 Å². The molecule has 2 amide bonds. The first-order valence-electron chi connectivity index (χ1n) is 15.3. The summed E-state index contributed by atoms with van der Waals surface area (Å²) in [6, 6.07) is 16.9. The van der Waals surface area contributed by atoms with Crippen LogP contribution in [0.4, 0.5) is 4.79 Å². The Balaban J connectivity index is 1.48. The number of hydroxylamine groups is 3. The standard InChI is InChI=1S/C35H40N2O10/c1-23(2)27-14-17-31(46-22-44-4)30(19-27)32(38)24-8-10-26(11-9-24)34(40)47-37(35(41)42)18-6-5-7-28(20-37)36-33(39)25-12-15-29(16-13-25)45-21-43-3/h8-17,19,23,28H,5-7,18,20-22H2,1-4H3,(H-,36,39,41,42). The van der Waals surface area contributed by atoms with E-state index in [1.165, 1.54) is 38.5 Å². The van der Waals surface area contributed by atoms with E-state index in [9.17, 15) is 24.3 Å². The number of carboxylic acid groups (broad SMARTS) is 1. The van der Waals surface area contributed by atoms with Gasteiger partial charge in [0, 0.05) is 31.8 Å². The van der Waals surface area contributed by atoms with E-state index in [2.05, 4.69) is 5.32 Å².